The van der Waals surface area contributed by atoms with E-state index in [-0.39, 0.29) is 6.09 Å². The van der Waals surface area contributed by atoms with Crippen molar-refractivity contribution in [1.82, 2.24) is 4.90 Å². The van der Waals surface area contributed by atoms with E-state index in [2.05, 4.69) is 4.74 Å². The maximum Gasteiger partial charge on any atom is 0.410 e. The molecule has 2 fully saturated rings. The quantitative estimate of drug-likeness (QED) is 0.800. The first-order valence-corrected chi connectivity index (χ1v) is 8.30. The van der Waals surface area contributed by atoms with Gasteiger partial charge in [-0.05, 0) is 31.2 Å². The number of carbonyl (C=O) groups excluding carboxylic acids is 1. The van der Waals surface area contributed by atoms with Crippen molar-refractivity contribution in [2.24, 2.45) is 5.92 Å². The zero-order valence-electron chi connectivity index (χ0n) is 14.1. The van der Waals surface area contributed by atoms with Crippen molar-refractivity contribution < 1.29 is 19.0 Å². The van der Waals surface area contributed by atoms with Crippen molar-refractivity contribution in [3.63, 3.8) is 0 Å². The molecule has 0 saturated carbocycles. The molecule has 1 unspecified atom stereocenters. The predicted octanol–water partition coefficient (Wildman–Crippen LogP) is 3.09. The van der Waals surface area contributed by atoms with Gasteiger partial charge in [0.05, 0.1) is 12.7 Å². The third kappa shape index (κ3) is 6.20. The minimum Gasteiger partial charge on any atom is -0.445 e. The van der Waals surface area contributed by atoms with Gasteiger partial charge in [-0.15, -0.1) is 0 Å². The van der Waals surface area contributed by atoms with Gasteiger partial charge in [0.2, 0.25) is 0 Å². The molecule has 0 N–H and O–H groups in total. The van der Waals surface area contributed by atoms with Crippen LogP contribution in [0.25, 0.3) is 0 Å². The molecule has 128 valence electrons. The van der Waals surface area contributed by atoms with Crippen LogP contribution in [0.15, 0.2) is 30.3 Å². The van der Waals surface area contributed by atoms with Crippen LogP contribution in [-0.2, 0) is 20.8 Å². The van der Waals surface area contributed by atoms with Gasteiger partial charge in [0, 0.05) is 26.8 Å². The van der Waals surface area contributed by atoms with E-state index in [9.17, 15) is 4.79 Å². The fraction of sp³-hybridized carbons (Fsp3) is 0.611. The Morgan fingerprint density at radius 2 is 1.87 bits per heavy atom. The molecule has 5 nitrogen and oxygen atoms in total. The van der Waals surface area contributed by atoms with Crippen LogP contribution in [0.1, 0.15) is 25.3 Å². The molecule has 2 saturated heterocycles. The molecule has 3 rings (SSSR count). The van der Waals surface area contributed by atoms with Crippen molar-refractivity contribution >= 4 is 6.09 Å². The van der Waals surface area contributed by atoms with E-state index in [4.69, 9.17) is 9.47 Å². The highest BCUT2D eigenvalue weighted by Gasteiger charge is 2.35. The first-order valence-electron chi connectivity index (χ1n) is 8.30. The zero-order valence-corrected chi connectivity index (χ0v) is 14.1. The van der Waals surface area contributed by atoms with Gasteiger partial charge in [-0.2, -0.15) is 0 Å². The van der Waals surface area contributed by atoms with Crippen molar-refractivity contribution in [1.29, 1.82) is 0 Å². The Labute approximate surface area is 138 Å². The van der Waals surface area contributed by atoms with E-state index in [0.29, 0.717) is 18.6 Å². The number of amides is 1. The number of hydrogen-bond donors (Lipinski definition) is 0. The summed E-state index contributed by atoms with van der Waals surface area (Å²) in [6.45, 7) is 5.62. The first-order chi connectivity index (χ1) is 11.2. The molecule has 0 aromatic heterocycles. The number of likely N-dealkylation sites (tertiary alicyclic amines) is 1. The van der Waals surface area contributed by atoms with E-state index < -0.39 is 0 Å². The van der Waals surface area contributed by atoms with Gasteiger partial charge in [-0.1, -0.05) is 30.3 Å². The summed E-state index contributed by atoms with van der Waals surface area (Å²) in [7, 11) is 1.68. The number of methoxy groups -OCH3 is 1. The Kier molecular flexibility index (Phi) is 7.36. The second-order valence-corrected chi connectivity index (χ2v) is 5.81. The third-order valence-corrected chi connectivity index (χ3v) is 4.18. The lowest BCUT2D eigenvalue weighted by atomic mass is 9.94. The van der Waals surface area contributed by atoms with Crippen LogP contribution < -0.4 is 0 Å². The molecule has 1 aromatic rings. The number of piperidine rings is 1. The van der Waals surface area contributed by atoms with Gasteiger partial charge in [0.15, 0.2) is 0 Å². The van der Waals surface area contributed by atoms with E-state index in [1.807, 2.05) is 42.2 Å². The second kappa shape index (κ2) is 9.53. The van der Waals surface area contributed by atoms with Crippen LogP contribution in [0, 0.1) is 5.92 Å². The number of epoxide rings is 1. The summed E-state index contributed by atoms with van der Waals surface area (Å²) in [6, 6.07) is 9.78. The van der Waals surface area contributed by atoms with Gasteiger partial charge < -0.3 is 19.1 Å². The molecule has 2 heterocycles. The molecule has 2 aliphatic heterocycles. The predicted molar refractivity (Wildman–Crippen MR) is 88.2 cm³/mol. The van der Waals surface area contributed by atoms with Gasteiger partial charge in [0.25, 0.3) is 0 Å². The summed E-state index contributed by atoms with van der Waals surface area (Å²) in [5.74, 6) is 0.637. The van der Waals surface area contributed by atoms with E-state index in [1.165, 1.54) is 0 Å². The summed E-state index contributed by atoms with van der Waals surface area (Å²) in [6.07, 6.45) is 2.33. The molecule has 23 heavy (non-hydrogen) atoms. The lowest BCUT2D eigenvalue weighted by Crippen LogP contribution is -2.39. The molecule has 2 aliphatic rings. The molecule has 0 radical (unpaired) electrons. The minimum absolute atomic E-state index is 0.195. The highest BCUT2D eigenvalue weighted by atomic mass is 16.6. The summed E-state index contributed by atoms with van der Waals surface area (Å²) in [5, 5.41) is 0. The van der Waals surface area contributed by atoms with Crippen LogP contribution in [0.2, 0.25) is 0 Å². The number of ether oxygens (including phenoxy) is 3. The van der Waals surface area contributed by atoms with Gasteiger partial charge in [-0.25, -0.2) is 4.79 Å². The van der Waals surface area contributed by atoms with E-state index in [0.717, 1.165) is 44.7 Å². The largest absolute Gasteiger partial charge is 0.445 e. The van der Waals surface area contributed by atoms with Crippen LogP contribution in [0.4, 0.5) is 4.79 Å². The van der Waals surface area contributed by atoms with E-state index in [1.54, 1.807) is 7.11 Å². The van der Waals surface area contributed by atoms with E-state index >= 15 is 0 Å². The van der Waals surface area contributed by atoms with Gasteiger partial charge in [0.1, 0.15) is 6.61 Å². The van der Waals surface area contributed by atoms with Crippen molar-refractivity contribution in [2.75, 3.05) is 33.4 Å². The Balaban J connectivity index is 0.000000433. The summed E-state index contributed by atoms with van der Waals surface area (Å²) < 4.78 is 15.2. The fourth-order valence-corrected chi connectivity index (χ4v) is 2.59. The van der Waals surface area contributed by atoms with Crippen LogP contribution in [0.3, 0.4) is 0 Å². The Hall–Kier alpha value is -1.59. The topological polar surface area (TPSA) is 51.3 Å². The average Bonchev–Trinajstić information content (AvgIpc) is 3.46. The number of nitrogens with zero attached hydrogens (tertiary/aromatic N) is 1. The van der Waals surface area contributed by atoms with Crippen LogP contribution in [-0.4, -0.2) is 50.5 Å². The molecule has 5 heteroatoms. The monoisotopic (exact) mass is 321 g/mol. The summed E-state index contributed by atoms with van der Waals surface area (Å²) in [5.41, 5.74) is 1.03. The highest BCUT2D eigenvalue weighted by molar-refractivity contribution is 5.67. The maximum absolute atomic E-state index is 11.9. The Morgan fingerprint density at radius 1 is 1.26 bits per heavy atom. The van der Waals surface area contributed by atoms with Crippen molar-refractivity contribution in [2.45, 2.75) is 32.5 Å². The Bertz CT molecular complexity index is 451. The first kappa shape index (κ1) is 17.8. The lowest BCUT2D eigenvalue weighted by Gasteiger charge is -2.30. The molecule has 1 aromatic carbocycles. The lowest BCUT2D eigenvalue weighted by molar-refractivity contribution is 0.0792. The number of hydrogen-bond acceptors (Lipinski definition) is 4. The number of rotatable bonds is 4. The third-order valence-electron chi connectivity index (χ3n) is 4.18. The number of carbonyl (C=O) groups is 1. The second-order valence-electron chi connectivity index (χ2n) is 5.81. The summed E-state index contributed by atoms with van der Waals surface area (Å²) in [4.78, 5) is 13.7. The van der Waals surface area contributed by atoms with Crippen molar-refractivity contribution in [3.05, 3.63) is 35.9 Å². The average molecular weight is 321 g/mol. The maximum atomic E-state index is 11.9. The van der Waals surface area contributed by atoms with Crippen LogP contribution in [0.5, 0.6) is 0 Å². The molecule has 0 aliphatic carbocycles. The SMILES string of the molecule is CCOC.O=C(OCc1ccccc1)N1CCC(C2CO2)CC1. The molecule has 1 atom stereocenters. The molecular weight excluding hydrogens is 294 g/mol. The fourth-order valence-electron chi connectivity index (χ4n) is 2.59. The van der Waals surface area contributed by atoms with Gasteiger partial charge >= 0.3 is 6.09 Å². The molecule has 1 amide bonds. The molecule has 0 spiro atoms. The Morgan fingerprint density at radius 3 is 2.39 bits per heavy atom. The molecule has 0 bridgehead atoms. The summed E-state index contributed by atoms with van der Waals surface area (Å²) >= 11 is 0. The number of benzene rings is 1. The van der Waals surface area contributed by atoms with Crippen molar-refractivity contribution in [3.8, 4) is 0 Å². The van der Waals surface area contributed by atoms with Gasteiger partial charge in [-0.3, -0.25) is 0 Å². The van der Waals surface area contributed by atoms with Crippen LogP contribution >= 0.6 is 0 Å². The normalized spacial score (nSPS) is 20.4. The highest BCUT2D eigenvalue weighted by Crippen LogP contribution is 2.29. The zero-order chi connectivity index (χ0) is 16.5. The molecular formula is C18H27NO4. The smallest absolute Gasteiger partial charge is 0.410 e. The minimum atomic E-state index is -0.195. The standard InChI is InChI=1S/C15H19NO3.C3H8O/c17-15(19-10-12-4-2-1-3-5-12)16-8-6-13(7-9-16)14-11-18-14;1-3-4-2/h1-5,13-14H,6-11H2;3H2,1-2H3.